The van der Waals surface area contributed by atoms with Gasteiger partial charge in [-0.2, -0.15) is 0 Å². The van der Waals surface area contributed by atoms with Crippen LogP contribution in [0.15, 0.2) is 30.3 Å². The Morgan fingerprint density at radius 1 is 1.21 bits per heavy atom. The Kier molecular flexibility index (Phi) is 7.29. The summed E-state index contributed by atoms with van der Waals surface area (Å²) < 4.78 is 5.91. The monoisotopic (exact) mass is 401 g/mol. The normalized spacial score (nSPS) is 12.5. The third kappa shape index (κ3) is 4.65. The molecule has 3 rings (SSSR count). The Hall–Kier alpha value is -2.11. The summed E-state index contributed by atoms with van der Waals surface area (Å²) >= 11 is 6.42. The van der Waals surface area contributed by atoms with Crippen molar-refractivity contribution in [2.45, 2.75) is 46.0 Å². The zero-order valence-electron chi connectivity index (χ0n) is 16.5. The van der Waals surface area contributed by atoms with Crippen LogP contribution in [-0.2, 0) is 11.2 Å². The van der Waals surface area contributed by atoms with E-state index in [1.807, 2.05) is 24.3 Å². The lowest BCUT2D eigenvalue weighted by Crippen LogP contribution is -2.10. The van der Waals surface area contributed by atoms with Gasteiger partial charge in [0.1, 0.15) is 11.3 Å². The molecule has 150 valence electrons. The second kappa shape index (κ2) is 9.89. The molecule has 2 aromatic carbocycles. The van der Waals surface area contributed by atoms with Crippen LogP contribution in [-0.4, -0.2) is 33.7 Å². The first-order chi connectivity index (χ1) is 13.7. The van der Waals surface area contributed by atoms with Crippen molar-refractivity contribution in [2.75, 3.05) is 13.2 Å². The minimum atomic E-state index is 0.224. The minimum Gasteiger partial charge on any atom is -0.507 e. The van der Waals surface area contributed by atoms with E-state index in [1.54, 1.807) is 6.07 Å². The van der Waals surface area contributed by atoms with Gasteiger partial charge in [-0.15, -0.1) is 5.10 Å². The smallest absolute Gasteiger partial charge is 0.126 e. The summed E-state index contributed by atoms with van der Waals surface area (Å²) in [5.41, 5.74) is 3.63. The number of para-hydroxylation sites is 1. The van der Waals surface area contributed by atoms with Crippen molar-refractivity contribution in [1.82, 2.24) is 15.4 Å². The molecular formula is C22H28ClN3O2. The molecule has 0 amide bonds. The summed E-state index contributed by atoms with van der Waals surface area (Å²) in [5, 5.41) is 22.2. The summed E-state index contributed by atoms with van der Waals surface area (Å²) in [4.78, 5) is 0. The van der Waals surface area contributed by atoms with E-state index in [2.05, 4.69) is 29.3 Å². The summed E-state index contributed by atoms with van der Waals surface area (Å²) in [7, 11) is 0. The standard InChI is InChI=1S/C22H28ClN3O2/c1-3-5-7-15(4-2)14-28-13-12-16-8-6-9-17(22(16)27)20-18(23)10-11-19-21(20)25-26-24-19/h6,8-11,15,27H,3-5,7,12-14H2,1-2H3,(H,24,25,26). The molecule has 0 bridgehead atoms. The van der Waals surface area contributed by atoms with Crippen molar-refractivity contribution in [3.05, 3.63) is 40.9 Å². The minimum absolute atomic E-state index is 0.224. The molecule has 1 unspecified atom stereocenters. The first-order valence-electron chi connectivity index (χ1n) is 10.0. The number of hydrogen-bond donors (Lipinski definition) is 2. The van der Waals surface area contributed by atoms with Gasteiger partial charge < -0.3 is 9.84 Å². The Morgan fingerprint density at radius 3 is 2.86 bits per heavy atom. The van der Waals surface area contributed by atoms with Crippen LogP contribution in [0.5, 0.6) is 5.75 Å². The number of nitrogens with one attached hydrogen (secondary N) is 1. The van der Waals surface area contributed by atoms with Gasteiger partial charge in [-0.05, 0) is 36.5 Å². The molecule has 6 heteroatoms. The Balaban J connectivity index is 1.71. The largest absolute Gasteiger partial charge is 0.507 e. The number of fused-ring (bicyclic) bond motifs is 1. The number of phenolic OH excluding ortho intramolecular Hbond substituents is 1. The lowest BCUT2D eigenvalue weighted by Gasteiger charge is -2.15. The number of benzene rings is 2. The molecule has 0 radical (unpaired) electrons. The molecule has 2 N–H and O–H groups in total. The van der Waals surface area contributed by atoms with Crippen molar-refractivity contribution in [3.8, 4) is 16.9 Å². The molecule has 3 aromatic rings. The number of aromatic hydroxyl groups is 1. The Bertz CT molecular complexity index is 910. The highest BCUT2D eigenvalue weighted by Crippen LogP contribution is 2.39. The quantitative estimate of drug-likeness (QED) is 0.423. The first kappa shape index (κ1) is 20.6. The number of ether oxygens (including phenoxy) is 1. The van der Waals surface area contributed by atoms with Crippen LogP contribution in [0.25, 0.3) is 22.2 Å². The molecular weight excluding hydrogens is 374 g/mol. The number of aromatic nitrogens is 3. The van der Waals surface area contributed by atoms with E-state index >= 15 is 0 Å². The molecule has 0 saturated heterocycles. The number of hydrogen-bond acceptors (Lipinski definition) is 4. The van der Waals surface area contributed by atoms with Crippen molar-refractivity contribution in [1.29, 1.82) is 0 Å². The maximum atomic E-state index is 10.9. The molecule has 1 aromatic heterocycles. The number of nitrogens with zero attached hydrogens (tertiary/aromatic N) is 2. The molecule has 0 fully saturated rings. The summed E-state index contributed by atoms with van der Waals surface area (Å²) in [6.07, 6.45) is 5.47. The molecule has 5 nitrogen and oxygen atoms in total. The van der Waals surface area contributed by atoms with Crippen LogP contribution >= 0.6 is 11.6 Å². The van der Waals surface area contributed by atoms with E-state index in [4.69, 9.17) is 16.3 Å². The highest BCUT2D eigenvalue weighted by molar-refractivity contribution is 6.35. The summed E-state index contributed by atoms with van der Waals surface area (Å²) in [5.74, 6) is 0.838. The van der Waals surface area contributed by atoms with Crippen molar-refractivity contribution < 1.29 is 9.84 Å². The van der Waals surface area contributed by atoms with Crippen molar-refractivity contribution >= 4 is 22.6 Å². The fraction of sp³-hybridized carbons (Fsp3) is 0.455. The van der Waals surface area contributed by atoms with Gasteiger partial charge in [0, 0.05) is 17.7 Å². The first-order valence-corrected chi connectivity index (χ1v) is 10.4. The van der Waals surface area contributed by atoms with E-state index in [1.165, 1.54) is 19.3 Å². The van der Waals surface area contributed by atoms with Gasteiger partial charge in [0.15, 0.2) is 0 Å². The van der Waals surface area contributed by atoms with E-state index in [9.17, 15) is 5.11 Å². The topological polar surface area (TPSA) is 71.0 Å². The number of rotatable bonds is 10. The van der Waals surface area contributed by atoms with Crippen molar-refractivity contribution in [2.24, 2.45) is 5.92 Å². The van der Waals surface area contributed by atoms with Gasteiger partial charge in [-0.25, -0.2) is 0 Å². The molecule has 28 heavy (non-hydrogen) atoms. The predicted octanol–water partition coefficient (Wildman–Crippen LogP) is 5.76. The van der Waals surface area contributed by atoms with Gasteiger partial charge in [0.25, 0.3) is 0 Å². The fourth-order valence-electron chi connectivity index (χ4n) is 3.47. The Morgan fingerprint density at radius 2 is 2.07 bits per heavy atom. The second-order valence-corrected chi connectivity index (χ2v) is 7.59. The molecule has 0 aliphatic rings. The lowest BCUT2D eigenvalue weighted by molar-refractivity contribution is 0.0960. The van der Waals surface area contributed by atoms with Gasteiger partial charge in [0.05, 0.1) is 17.1 Å². The highest BCUT2D eigenvalue weighted by Gasteiger charge is 2.17. The van der Waals surface area contributed by atoms with Gasteiger partial charge in [0.2, 0.25) is 0 Å². The Labute approximate surface area is 171 Å². The number of unbranched alkanes of at least 4 members (excludes halogenated alkanes) is 1. The highest BCUT2D eigenvalue weighted by atomic mass is 35.5. The zero-order valence-corrected chi connectivity index (χ0v) is 17.3. The van der Waals surface area contributed by atoms with Crippen LogP contribution in [0, 0.1) is 5.92 Å². The number of phenols is 1. The van der Waals surface area contributed by atoms with Crippen LogP contribution in [0.2, 0.25) is 5.02 Å². The third-order valence-corrected chi connectivity index (χ3v) is 5.56. The van der Waals surface area contributed by atoms with Gasteiger partial charge >= 0.3 is 0 Å². The van der Waals surface area contributed by atoms with Crippen LogP contribution in [0.1, 0.15) is 45.1 Å². The van der Waals surface area contributed by atoms with E-state index < -0.39 is 0 Å². The molecule has 0 aliphatic carbocycles. The van der Waals surface area contributed by atoms with E-state index in [-0.39, 0.29) is 5.75 Å². The van der Waals surface area contributed by atoms with Gasteiger partial charge in [-0.1, -0.05) is 68.1 Å². The van der Waals surface area contributed by atoms with Crippen LogP contribution in [0.3, 0.4) is 0 Å². The molecule has 1 heterocycles. The maximum Gasteiger partial charge on any atom is 0.126 e. The average Bonchev–Trinajstić information content (AvgIpc) is 3.18. The number of aromatic amines is 1. The van der Waals surface area contributed by atoms with Crippen molar-refractivity contribution in [3.63, 3.8) is 0 Å². The van der Waals surface area contributed by atoms with Crippen LogP contribution in [0.4, 0.5) is 0 Å². The lowest BCUT2D eigenvalue weighted by atomic mass is 9.98. The fourth-order valence-corrected chi connectivity index (χ4v) is 3.73. The summed E-state index contributed by atoms with van der Waals surface area (Å²) in [6, 6.07) is 9.32. The van der Waals surface area contributed by atoms with E-state index in [0.29, 0.717) is 40.6 Å². The van der Waals surface area contributed by atoms with E-state index in [0.717, 1.165) is 24.1 Å². The summed E-state index contributed by atoms with van der Waals surface area (Å²) in [6.45, 7) is 5.80. The van der Waals surface area contributed by atoms with Crippen LogP contribution < -0.4 is 0 Å². The van der Waals surface area contributed by atoms with Gasteiger partial charge in [-0.3, -0.25) is 5.10 Å². The average molecular weight is 402 g/mol. The maximum absolute atomic E-state index is 10.9. The molecule has 1 atom stereocenters. The molecule has 0 spiro atoms. The SMILES string of the molecule is CCCCC(CC)COCCc1cccc(-c2c(Cl)ccc3[nH]nnc23)c1O. The number of H-pyrrole nitrogens is 1. The molecule has 0 saturated carbocycles. The second-order valence-electron chi connectivity index (χ2n) is 7.19. The predicted molar refractivity (Wildman–Crippen MR) is 114 cm³/mol. The third-order valence-electron chi connectivity index (χ3n) is 5.25. The zero-order chi connectivity index (χ0) is 19.9. The molecule has 0 aliphatic heterocycles. The number of halogens is 1.